The van der Waals surface area contributed by atoms with Crippen LogP contribution in [0.15, 0.2) is 30.3 Å². The number of esters is 2. The second kappa shape index (κ2) is 4.07. The van der Waals surface area contributed by atoms with Crippen molar-refractivity contribution in [3.8, 4) is 0 Å². The van der Waals surface area contributed by atoms with Crippen LogP contribution in [0.2, 0.25) is 0 Å². The lowest BCUT2D eigenvalue weighted by Crippen LogP contribution is -2.49. The van der Waals surface area contributed by atoms with Gasteiger partial charge >= 0.3 is 11.9 Å². The fourth-order valence-corrected chi connectivity index (χ4v) is 3.74. The van der Waals surface area contributed by atoms with Crippen molar-refractivity contribution in [1.82, 2.24) is 0 Å². The summed E-state index contributed by atoms with van der Waals surface area (Å²) in [6, 6.07) is 8.88. The molecular weight excluding hydrogens is 272 g/mol. The van der Waals surface area contributed by atoms with E-state index in [0.29, 0.717) is 18.6 Å². The quantitative estimate of drug-likeness (QED) is 0.612. The third-order valence-corrected chi connectivity index (χ3v) is 5.13. The van der Waals surface area contributed by atoms with E-state index in [1.54, 1.807) is 24.3 Å². The van der Waals surface area contributed by atoms with E-state index in [1.807, 2.05) is 13.0 Å². The highest BCUT2D eigenvalue weighted by Gasteiger charge is 2.76. The molecule has 4 unspecified atom stereocenters. The van der Waals surface area contributed by atoms with E-state index in [2.05, 4.69) is 0 Å². The zero-order chi connectivity index (χ0) is 14.7. The van der Waals surface area contributed by atoms with Gasteiger partial charge in [-0.25, -0.2) is 4.79 Å². The first kappa shape index (κ1) is 12.8. The van der Waals surface area contributed by atoms with E-state index in [1.165, 1.54) is 0 Å². The van der Waals surface area contributed by atoms with Crippen LogP contribution in [-0.2, 0) is 19.0 Å². The first-order valence-corrected chi connectivity index (χ1v) is 7.15. The molecule has 3 fully saturated rings. The first-order valence-electron chi connectivity index (χ1n) is 7.15. The molecule has 2 aliphatic heterocycles. The van der Waals surface area contributed by atoms with E-state index in [4.69, 9.17) is 14.2 Å². The number of carbonyl (C=O) groups excluding carboxylic acids is 2. The molecule has 0 radical (unpaired) electrons. The molecule has 0 amide bonds. The minimum absolute atomic E-state index is 0.232. The topological polar surface area (TPSA) is 65.1 Å². The normalized spacial score (nSPS) is 40.0. The van der Waals surface area contributed by atoms with Gasteiger partial charge < -0.3 is 14.2 Å². The summed E-state index contributed by atoms with van der Waals surface area (Å²) in [6.07, 6.45) is 0.0957. The van der Waals surface area contributed by atoms with Crippen LogP contribution in [0.3, 0.4) is 0 Å². The highest BCUT2D eigenvalue weighted by Crippen LogP contribution is 2.62. The Labute approximate surface area is 122 Å². The monoisotopic (exact) mass is 288 g/mol. The van der Waals surface area contributed by atoms with Crippen molar-refractivity contribution in [3.05, 3.63) is 35.9 Å². The van der Waals surface area contributed by atoms with Gasteiger partial charge in [-0.15, -0.1) is 0 Å². The van der Waals surface area contributed by atoms with Crippen molar-refractivity contribution in [2.75, 3.05) is 6.61 Å². The number of hydrogen-bond acceptors (Lipinski definition) is 5. The van der Waals surface area contributed by atoms with E-state index in [9.17, 15) is 9.59 Å². The van der Waals surface area contributed by atoms with Crippen molar-refractivity contribution in [3.63, 3.8) is 0 Å². The van der Waals surface area contributed by atoms with Gasteiger partial charge in [-0.3, -0.25) is 4.79 Å². The van der Waals surface area contributed by atoms with Gasteiger partial charge in [-0.2, -0.15) is 0 Å². The van der Waals surface area contributed by atoms with Crippen molar-refractivity contribution >= 4 is 11.9 Å². The average Bonchev–Trinajstić information content (AvgIpc) is 3.24. The smallest absolute Gasteiger partial charge is 0.338 e. The van der Waals surface area contributed by atoms with Crippen LogP contribution < -0.4 is 0 Å². The zero-order valence-electron chi connectivity index (χ0n) is 11.7. The summed E-state index contributed by atoms with van der Waals surface area (Å²) in [6.45, 7) is 2.53. The molecule has 4 atom stereocenters. The van der Waals surface area contributed by atoms with Gasteiger partial charge in [0.05, 0.1) is 24.0 Å². The van der Waals surface area contributed by atoms with Gasteiger partial charge in [-0.05, 0) is 12.1 Å². The number of rotatable bonds is 2. The summed E-state index contributed by atoms with van der Waals surface area (Å²) in [5.41, 5.74) is -0.416. The summed E-state index contributed by atoms with van der Waals surface area (Å²) in [7, 11) is 0. The van der Waals surface area contributed by atoms with Crippen LogP contribution in [0.5, 0.6) is 0 Å². The van der Waals surface area contributed by atoms with Crippen molar-refractivity contribution < 1.29 is 23.8 Å². The molecule has 1 saturated carbocycles. The van der Waals surface area contributed by atoms with Crippen molar-refractivity contribution in [2.24, 2.45) is 5.41 Å². The lowest BCUT2D eigenvalue weighted by molar-refractivity contribution is -0.166. The SMILES string of the molecule is CC12CC(=O)OC(CC1OC(=O)c1ccccc1)C21CO1. The molecule has 3 aliphatic rings. The van der Waals surface area contributed by atoms with E-state index in [-0.39, 0.29) is 30.6 Å². The number of epoxide rings is 1. The Morgan fingerprint density at radius 3 is 2.71 bits per heavy atom. The van der Waals surface area contributed by atoms with Gasteiger partial charge in [0.15, 0.2) is 0 Å². The average molecular weight is 288 g/mol. The summed E-state index contributed by atoms with van der Waals surface area (Å²) < 4.78 is 16.7. The predicted molar refractivity (Wildman–Crippen MR) is 71.5 cm³/mol. The van der Waals surface area contributed by atoms with E-state index >= 15 is 0 Å². The molecule has 4 rings (SSSR count). The molecule has 2 heterocycles. The molecular formula is C16H16O5. The van der Waals surface area contributed by atoms with Crippen LogP contribution in [0.25, 0.3) is 0 Å². The van der Waals surface area contributed by atoms with Gasteiger partial charge in [0.25, 0.3) is 0 Å². The Morgan fingerprint density at radius 1 is 1.33 bits per heavy atom. The summed E-state index contributed by atoms with van der Waals surface area (Å²) in [4.78, 5) is 24.0. The molecule has 1 aliphatic carbocycles. The predicted octanol–water partition coefficient (Wildman–Crippen LogP) is 1.71. The molecule has 0 aromatic heterocycles. The molecule has 0 N–H and O–H groups in total. The Bertz CT molecular complexity index is 606. The molecule has 2 saturated heterocycles. The van der Waals surface area contributed by atoms with Crippen LogP contribution in [0, 0.1) is 5.41 Å². The van der Waals surface area contributed by atoms with Crippen molar-refractivity contribution in [2.45, 2.75) is 37.6 Å². The van der Waals surface area contributed by atoms with Crippen LogP contribution in [-0.4, -0.2) is 36.4 Å². The standard InChI is InChI=1S/C16H16O5/c1-15-8-13(17)20-12(16(15)9-19-16)7-11(15)21-14(18)10-5-3-2-4-6-10/h2-6,11-12H,7-9H2,1H3. The Kier molecular flexibility index (Phi) is 2.49. The fourth-order valence-electron chi connectivity index (χ4n) is 3.74. The first-order chi connectivity index (χ1) is 10.1. The number of ether oxygens (including phenoxy) is 3. The van der Waals surface area contributed by atoms with Crippen LogP contribution in [0.1, 0.15) is 30.1 Å². The fraction of sp³-hybridized carbons (Fsp3) is 0.500. The van der Waals surface area contributed by atoms with Gasteiger partial charge in [-0.1, -0.05) is 25.1 Å². The maximum absolute atomic E-state index is 12.3. The minimum atomic E-state index is -0.489. The summed E-state index contributed by atoms with van der Waals surface area (Å²) >= 11 is 0. The Hall–Kier alpha value is -1.88. The second-order valence-electron chi connectivity index (χ2n) is 6.25. The molecule has 1 spiro atoms. The number of benzene rings is 1. The maximum Gasteiger partial charge on any atom is 0.338 e. The van der Waals surface area contributed by atoms with Crippen LogP contribution in [0.4, 0.5) is 0 Å². The van der Waals surface area contributed by atoms with Crippen LogP contribution >= 0.6 is 0 Å². The number of hydrogen-bond donors (Lipinski definition) is 0. The third kappa shape index (κ3) is 1.67. The van der Waals surface area contributed by atoms with E-state index < -0.39 is 11.0 Å². The van der Waals surface area contributed by atoms with Gasteiger partial charge in [0.2, 0.25) is 0 Å². The molecule has 5 heteroatoms. The van der Waals surface area contributed by atoms with Gasteiger partial charge in [0.1, 0.15) is 17.8 Å². The summed E-state index contributed by atoms with van der Waals surface area (Å²) in [5.74, 6) is -0.598. The number of carbonyl (C=O) groups is 2. The molecule has 2 bridgehead atoms. The van der Waals surface area contributed by atoms with Crippen molar-refractivity contribution in [1.29, 1.82) is 0 Å². The highest BCUT2D eigenvalue weighted by atomic mass is 16.6. The second-order valence-corrected chi connectivity index (χ2v) is 6.25. The molecule has 21 heavy (non-hydrogen) atoms. The van der Waals surface area contributed by atoms with E-state index in [0.717, 1.165) is 0 Å². The molecule has 5 nitrogen and oxygen atoms in total. The highest BCUT2D eigenvalue weighted by molar-refractivity contribution is 5.89. The lowest BCUT2D eigenvalue weighted by Gasteiger charge is -2.37. The molecule has 1 aromatic carbocycles. The maximum atomic E-state index is 12.3. The summed E-state index contributed by atoms with van der Waals surface area (Å²) in [5, 5.41) is 0. The molecule has 110 valence electrons. The third-order valence-electron chi connectivity index (χ3n) is 5.13. The Morgan fingerprint density at radius 2 is 2.05 bits per heavy atom. The molecule has 1 aromatic rings. The largest absolute Gasteiger partial charge is 0.459 e. The lowest BCUT2D eigenvalue weighted by atomic mass is 9.73. The Balaban J connectivity index is 1.59. The minimum Gasteiger partial charge on any atom is -0.459 e. The zero-order valence-corrected chi connectivity index (χ0v) is 11.7. The van der Waals surface area contributed by atoms with Gasteiger partial charge in [0, 0.05) is 6.42 Å².